The fourth-order valence-corrected chi connectivity index (χ4v) is 7.07. The van der Waals surface area contributed by atoms with Crippen LogP contribution in [0.4, 0.5) is 0 Å². The number of fused-ring (bicyclic) bond motifs is 2. The third kappa shape index (κ3) is 4.74. The fraction of sp³-hybridized carbons (Fsp3) is 0.238. The molecule has 0 amide bonds. The van der Waals surface area contributed by atoms with Crippen LogP contribution in [-0.4, -0.2) is 0 Å². The van der Waals surface area contributed by atoms with Gasteiger partial charge in [0.25, 0.3) is 0 Å². The minimum Gasteiger partial charge on any atom is -0.0654 e. The van der Waals surface area contributed by atoms with Gasteiger partial charge in [0.05, 0.1) is 0 Å². The van der Waals surface area contributed by atoms with Crippen LogP contribution in [0.1, 0.15) is 63.5 Å². The van der Waals surface area contributed by atoms with Crippen LogP contribution in [0.15, 0.2) is 109 Å². The zero-order valence-corrected chi connectivity index (χ0v) is 25.0. The number of aryl methyl sites for hydroxylation is 2. The molecule has 0 aliphatic carbocycles. The van der Waals surface area contributed by atoms with Gasteiger partial charge in [-0.2, -0.15) is 0 Å². The summed E-state index contributed by atoms with van der Waals surface area (Å²) in [5.41, 5.74) is 8.13. The molecule has 0 spiro atoms. The molecule has 7 aromatic carbocycles. The van der Waals surface area contributed by atoms with Gasteiger partial charge in [0.15, 0.2) is 0 Å². The zero-order chi connectivity index (χ0) is 28.5. The highest BCUT2D eigenvalue weighted by atomic mass is 14.2. The second kappa shape index (κ2) is 11.6. The lowest BCUT2D eigenvalue weighted by molar-refractivity contribution is 0.717. The summed E-state index contributed by atoms with van der Waals surface area (Å²) in [5, 5.41) is 10.8. The van der Waals surface area contributed by atoms with Crippen molar-refractivity contribution in [1.29, 1.82) is 0 Å². The Morgan fingerprint density at radius 1 is 0.357 bits per heavy atom. The van der Waals surface area contributed by atoms with Crippen LogP contribution in [0.5, 0.6) is 0 Å². The van der Waals surface area contributed by atoms with Crippen LogP contribution in [-0.2, 0) is 12.8 Å². The Morgan fingerprint density at radius 2 is 0.738 bits per heavy atom. The van der Waals surface area contributed by atoms with Crippen molar-refractivity contribution in [3.05, 3.63) is 120 Å². The standard InChI is InChI=1S/C42H40/c1-3-5-7-11-29-17-21-31(22-18-29)33-25-27-39-40-28-26-34(32-23-19-30(20-24-32)12-8-6-4-2)36-14-10-16-38(42(36)40)37-15-9-13-35(33)41(37)39/h9-10,13-28H,3-8,11-12H2,1-2H3. The van der Waals surface area contributed by atoms with E-state index in [0.29, 0.717) is 0 Å². The first-order chi connectivity index (χ1) is 20.8. The molecule has 0 fully saturated rings. The molecule has 0 unspecified atom stereocenters. The minimum absolute atomic E-state index is 1.17. The van der Waals surface area contributed by atoms with Gasteiger partial charge in [-0.15, -0.1) is 0 Å². The van der Waals surface area contributed by atoms with E-state index in [9.17, 15) is 0 Å². The van der Waals surface area contributed by atoms with E-state index in [2.05, 4.69) is 123 Å². The van der Waals surface area contributed by atoms with Gasteiger partial charge in [-0.05, 0) is 102 Å². The maximum absolute atomic E-state index is 2.37. The van der Waals surface area contributed by atoms with Gasteiger partial charge in [0.1, 0.15) is 0 Å². The Bertz CT molecular complexity index is 1810. The van der Waals surface area contributed by atoms with Crippen molar-refractivity contribution in [3.63, 3.8) is 0 Å². The van der Waals surface area contributed by atoms with Gasteiger partial charge in [0, 0.05) is 0 Å². The summed E-state index contributed by atoms with van der Waals surface area (Å²) in [7, 11) is 0. The zero-order valence-electron chi connectivity index (χ0n) is 25.0. The number of rotatable bonds is 10. The van der Waals surface area contributed by atoms with Gasteiger partial charge >= 0.3 is 0 Å². The molecule has 0 N–H and O–H groups in total. The van der Waals surface area contributed by atoms with Crippen molar-refractivity contribution in [2.24, 2.45) is 0 Å². The monoisotopic (exact) mass is 544 g/mol. The molecule has 0 saturated carbocycles. The van der Waals surface area contributed by atoms with Crippen LogP contribution >= 0.6 is 0 Å². The summed E-state index contributed by atoms with van der Waals surface area (Å²) >= 11 is 0. The third-order valence-corrected chi connectivity index (χ3v) is 9.33. The largest absolute Gasteiger partial charge is 0.0654 e. The van der Waals surface area contributed by atoms with Gasteiger partial charge in [-0.3, -0.25) is 0 Å². The second-order valence-electron chi connectivity index (χ2n) is 12.1. The summed E-state index contributed by atoms with van der Waals surface area (Å²) in [5.74, 6) is 0. The van der Waals surface area contributed by atoms with Gasteiger partial charge in [0.2, 0.25) is 0 Å². The molecule has 0 radical (unpaired) electrons. The lowest BCUT2D eigenvalue weighted by atomic mass is 9.85. The Morgan fingerprint density at radius 3 is 1.14 bits per heavy atom. The normalized spacial score (nSPS) is 11.9. The predicted molar refractivity (Wildman–Crippen MR) is 185 cm³/mol. The number of benzene rings is 7. The van der Waals surface area contributed by atoms with Gasteiger partial charge in [-0.1, -0.05) is 149 Å². The highest BCUT2D eigenvalue weighted by molar-refractivity contribution is 6.35. The van der Waals surface area contributed by atoms with E-state index < -0.39 is 0 Å². The first kappa shape index (κ1) is 26.7. The van der Waals surface area contributed by atoms with Crippen LogP contribution in [0.3, 0.4) is 0 Å². The molecule has 0 saturated heterocycles. The topological polar surface area (TPSA) is 0 Å². The quantitative estimate of drug-likeness (QED) is 0.0912. The van der Waals surface area contributed by atoms with Crippen molar-refractivity contribution in [2.45, 2.75) is 65.2 Å². The molecule has 0 bridgehead atoms. The van der Waals surface area contributed by atoms with Crippen molar-refractivity contribution < 1.29 is 0 Å². The minimum atomic E-state index is 1.17. The predicted octanol–water partition coefficient (Wildman–Crippen LogP) is 12.5. The van der Waals surface area contributed by atoms with E-state index in [-0.39, 0.29) is 0 Å². The fourth-order valence-electron chi connectivity index (χ4n) is 7.07. The summed E-state index contributed by atoms with van der Waals surface area (Å²) in [6.45, 7) is 4.54. The number of hydrogen-bond donors (Lipinski definition) is 0. The van der Waals surface area contributed by atoms with E-state index in [1.165, 1.54) is 128 Å². The van der Waals surface area contributed by atoms with Crippen molar-refractivity contribution in [1.82, 2.24) is 0 Å². The average Bonchev–Trinajstić information content (AvgIpc) is 3.04. The molecule has 0 aliphatic heterocycles. The van der Waals surface area contributed by atoms with E-state index in [0.717, 1.165) is 0 Å². The molecule has 0 nitrogen and oxygen atoms in total. The van der Waals surface area contributed by atoms with E-state index in [4.69, 9.17) is 0 Å². The first-order valence-corrected chi connectivity index (χ1v) is 16.1. The molecule has 7 aromatic rings. The molecule has 7 rings (SSSR count). The molecule has 42 heavy (non-hydrogen) atoms. The van der Waals surface area contributed by atoms with Crippen molar-refractivity contribution >= 4 is 43.1 Å². The Balaban J connectivity index is 1.35. The molecule has 208 valence electrons. The number of unbranched alkanes of at least 4 members (excludes halogenated alkanes) is 4. The lowest BCUT2D eigenvalue weighted by Crippen LogP contribution is -1.91. The highest BCUT2D eigenvalue weighted by Crippen LogP contribution is 2.45. The molecular formula is C42H40. The number of hydrogen-bond acceptors (Lipinski definition) is 0. The molecule has 0 heterocycles. The summed E-state index contributed by atoms with van der Waals surface area (Å²) in [4.78, 5) is 0. The Labute approximate surface area is 250 Å². The molecule has 0 aliphatic rings. The van der Waals surface area contributed by atoms with Crippen LogP contribution < -0.4 is 0 Å². The van der Waals surface area contributed by atoms with E-state index in [1.807, 2.05) is 0 Å². The maximum atomic E-state index is 2.37. The van der Waals surface area contributed by atoms with Crippen LogP contribution in [0, 0.1) is 0 Å². The summed E-state index contributed by atoms with van der Waals surface area (Å²) in [6, 6.07) is 41.8. The summed E-state index contributed by atoms with van der Waals surface area (Å²) in [6.07, 6.45) is 10.0. The van der Waals surface area contributed by atoms with Crippen LogP contribution in [0.2, 0.25) is 0 Å². The second-order valence-corrected chi connectivity index (χ2v) is 12.1. The van der Waals surface area contributed by atoms with Gasteiger partial charge < -0.3 is 0 Å². The Kier molecular flexibility index (Phi) is 7.39. The van der Waals surface area contributed by atoms with Crippen molar-refractivity contribution in [2.75, 3.05) is 0 Å². The molecule has 0 heteroatoms. The molecule has 0 aromatic heterocycles. The lowest BCUT2D eigenvalue weighted by Gasteiger charge is -2.18. The van der Waals surface area contributed by atoms with Crippen LogP contribution in [0.25, 0.3) is 65.3 Å². The SMILES string of the molecule is CCCCCc1ccc(-c2ccc3c4ccc(-c5ccc(CCCCC)cc5)c5cccc(c6cccc2c63)c54)cc1. The van der Waals surface area contributed by atoms with E-state index in [1.54, 1.807) is 0 Å². The summed E-state index contributed by atoms with van der Waals surface area (Å²) < 4.78 is 0. The highest BCUT2D eigenvalue weighted by Gasteiger charge is 2.17. The van der Waals surface area contributed by atoms with E-state index >= 15 is 0 Å². The first-order valence-electron chi connectivity index (χ1n) is 16.1. The third-order valence-electron chi connectivity index (χ3n) is 9.33. The molecular weight excluding hydrogens is 504 g/mol. The Hall–Kier alpha value is -4.16. The maximum Gasteiger partial charge on any atom is -0.00201 e. The average molecular weight is 545 g/mol. The smallest absolute Gasteiger partial charge is 0.00201 e. The van der Waals surface area contributed by atoms with Gasteiger partial charge in [-0.25, -0.2) is 0 Å². The van der Waals surface area contributed by atoms with Crippen molar-refractivity contribution in [3.8, 4) is 22.3 Å². The molecule has 0 atom stereocenters.